The summed E-state index contributed by atoms with van der Waals surface area (Å²) in [6.07, 6.45) is 0.434. The molecule has 1 aromatic rings. The molecule has 0 aromatic heterocycles. The van der Waals surface area contributed by atoms with Crippen molar-refractivity contribution in [3.8, 4) is 0 Å². The third kappa shape index (κ3) is 11.9. The number of esters is 1. The number of nitrogens with two attached hydrogens (primary N) is 1. The Morgan fingerprint density at radius 1 is 1.23 bits per heavy atom. The maximum atomic E-state index is 12.6. The van der Waals surface area contributed by atoms with E-state index in [2.05, 4.69) is 14.8 Å². The van der Waals surface area contributed by atoms with E-state index in [-0.39, 0.29) is 28.7 Å². The minimum Gasteiger partial charge on any atom is -0.480 e. The van der Waals surface area contributed by atoms with Crippen molar-refractivity contribution in [2.75, 3.05) is 13.2 Å². The highest BCUT2D eigenvalue weighted by Crippen LogP contribution is 2.22. The van der Waals surface area contributed by atoms with E-state index in [0.29, 0.717) is 30.7 Å². The van der Waals surface area contributed by atoms with E-state index < -0.39 is 22.0 Å². The number of hydrogen-bond donors (Lipinski definition) is 5. The second-order valence-corrected chi connectivity index (χ2v) is 8.30. The quantitative estimate of drug-likeness (QED) is 0.149. The number of carbonyl (C=O) groups excluding carboxylic acids is 1. The molecule has 11 nitrogen and oxygen atoms in total. The number of aryl methyl sites for hydroxylation is 3. The maximum absolute atomic E-state index is 12.6. The summed E-state index contributed by atoms with van der Waals surface area (Å²) < 4.78 is 31.9. The topological polar surface area (TPSA) is 203 Å². The first-order chi connectivity index (χ1) is 13.8. The first-order valence-electron chi connectivity index (χ1n) is 9.36. The SMILES string of the molecule is CCOC(C)=O.Cc1cc(C)c(S(=O)(=O)N[C@@H](CCCNC(=N)N)C(=O)O)c(C)c1.O. The Morgan fingerprint density at radius 3 is 2.10 bits per heavy atom. The van der Waals surface area contributed by atoms with Crippen molar-refractivity contribution in [2.24, 2.45) is 5.73 Å². The number of carboxylic acid groups (broad SMARTS) is 1. The molecule has 1 aromatic carbocycles. The van der Waals surface area contributed by atoms with Gasteiger partial charge in [0.05, 0.1) is 11.5 Å². The van der Waals surface area contributed by atoms with E-state index in [1.807, 2.05) is 6.92 Å². The molecule has 0 heterocycles. The summed E-state index contributed by atoms with van der Waals surface area (Å²) in [7, 11) is -3.95. The molecule has 178 valence electrons. The predicted octanol–water partition coefficient (Wildman–Crippen LogP) is 0.351. The number of benzene rings is 1. The molecule has 0 amide bonds. The van der Waals surface area contributed by atoms with Crippen LogP contribution >= 0.6 is 0 Å². The molecule has 31 heavy (non-hydrogen) atoms. The summed E-state index contributed by atoms with van der Waals surface area (Å²) in [5.74, 6) is -1.67. The van der Waals surface area contributed by atoms with Crippen molar-refractivity contribution >= 4 is 27.9 Å². The monoisotopic (exact) mass is 462 g/mol. The van der Waals surface area contributed by atoms with Gasteiger partial charge in [0.2, 0.25) is 10.0 Å². The van der Waals surface area contributed by atoms with Crippen LogP contribution in [0, 0.1) is 26.2 Å². The number of rotatable bonds is 9. The Kier molecular flexibility index (Phi) is 14.1. The van der Waals surface area contributed by atoms with Gasteiger partial charge in [-0.25, -0.2) is 8.42 Å². The summed E-state index contributed by atoms with van der Waals surface area (Å²) in [6.45, 7) is 9.18. The molecule has 8 N–H and O–H groups in total. The Bertz CT molecular complexity index is 834. The number of nitrogens with one attached hydrogen (secondary N) is 3. The molecule has 0 saturated carbocycles. The normalized spacial score (nSPS) is 11.3. The maximum Gasteiger partial charge on any atom is 0.321 e. The van der Waals surface area contributed by atoms with Crippen molar-refractivity contribution in [2.45, 2.75) is 58.4 Å². The Balaban J connectivity index is 0. The van der Waals surface area contributed by atoms with Crippen molar-refractivity contribution in [3.63, 3.8) is 0 Å². The van der Waals surface area contributed by atoms with Crippen LogP contribution in [0.15, 0.2) is 17.0 Å². The standard InChI is InChI=1S/C15H24N4O4S.C4H8O2.H2O/c1-9-7-10(2)13(11(3)8-9)24(22,23)19-12(14(20)21)5-4-6-18-15(16)17;1-3-6-4(2)5;/h7-8,12,19H,4-6H2,1-3H3,(H,20,21)(H4,16,17,18);3H2,1-2H3;1H2/t12-;;/m0../s1. The van der Waals surface area contributed by atoms with E-state index >= 15 is 0 Å². The van der Waals surface area contributed by atoms with Gasteiger partial charge in [-0.1, -0.05) is 17.7 Å². The number of hydrogen-bond acceptors (Lipinski definition) is 6. The van der Waals surface area contributed by atoms with Crippen LogP contribution in [0.2, 0.25) is 0 Å². The fraction of sp³-hybridized carbons (Fsp3) is 0.526. The van der Waals surface area contributed by atoms with Gasteiger partial charge in [-0.15, -0.1) is 0 Å². The summed E-state index contributed by atoms with van der Waals surface area (Å²) in [4.78, 5) is 21.3. The van der Waals surface area contributed by atoms with Crippen LogP contribution < -0.4 is 15.8 Å². The molecule has 0 saturated heterocycles. The first-order valence-corrected chi connectivity index (χ1v) is 10.8. The number of carbonyl (C=O) groups is 2. The summed E-state index contributed by atoms with van der Waals surface area (Å²) in [6, 6.07) is 2.24. The van der Waals surface area contributed by atoms with Gasteiger partial charge in [0.25, 0.3) is 0 Å². The lowest BCUT2D eigenvalue weighted by atomic mass is 10.1. The lowest BCUT2D eigenvalue weighted by Crippen LogP contribution is -2.42. The number of ether oxygens (including phenoxy) is 1. The molecule has 0 radical (unpaired) electrons. The van der Waals surface area contributed by atoms with Crippen LogP contribution in [0.3, 0.4) is 0 Å². The summed E-state index contributed by atoms with van der Waals surface area (Å²) in [5, 5.41) is 18.8. The third-order valence-corrected chi connectivity index (χ3v) is 5.58. The van der Waals surface area contributed by atoms with Gasteiger partial charge < -0.3 is 26.4 Å². The summed E-state index contributed by atoms with van der Waals surface area (Å²) in [5.41, 5.74) is 7.22. The predicted molar refractivity (Wildman–Crippen MR) is 117 cm³/mol. The molecule has 0 fully saturated rings. The fourth-order valence-corrected chi connectivity index (χ4v) is 4.48. The molecule has 0 aliphatic rings. The largest absolute Gasteiger partial charge is 0.480 e. The Hall–Kier alpha value is -2.70. The van der Waals surface area contributed by atoms with E-state index in [0.717, 1.165) is 5.56 Å². The lowest BCUT2D eigenvalue weighted by molar-refractivity contribution is -0.140. The smallest absolute Gasteiger partial charge is 0.321 e. The lowest BCUT2D eigenvalue weighted by Gasteiger charge is -2.18. The molecular weight excluding hydrogens is 428 g/mol. The molecule has 12 heteroatoms. The van der Waals surface area contributed by atoms with Gasteiger partial charge >= 0.3 is 11.9 Å². The van der Waals surface area contributed by atoms with Crippen LogP contribution in [0.1, 0.15) is 43.4 Å². The average Bonchev–Trinajstić information content (AvgIpc) is 2.56. The van der Waals surface area contributed by atoms with Gasteiger partial charge in [0.15, 0.2) is 5.96 Å². The number of guanidine groups is 1. The molecule has 0 spiro atoms. The van der Waals surface area contributed by atoms with Gasteiger partial charge in [-0.2, -0.15) is 4.72 Å². The van der Waals surface area contributed by atoms with Crippen LogP contribution in [0.4, 0.5) is 0 Å². The fourth-order valence-electron chi connectivity index (χ4n) is 2.80. The van der Waals surface area contributed by atoms with E-state index in [1.54, 1.807) is 32.9 Å². The minimum atomic E-state index is -3.95. The van der Waals surface area contributed by atoms with E-state index in [1.165, 1.54) is 6.92 Å². The van der Waals surface area contributed by atoms with Crippen molar-refractivity contribution < 1.29 is 33.3 Å². The zero-order valence-corrected chi connectivity index (χ0v) is 19.4. The zero-order valence-electron chi connectivity index (χ0n) is 18.5. The van der Waals surface area contributed by atoms with Crippen LogP contribution in [-0.2, 0) is 24.3 Å². The Morgan fingerprint density at radius 2 is 1.74 bits per heavy atom. The second-order valence-electron chi connectivity index (χ2n) is 6.65. The molecule has 0 aliphatic heterocycles. The van der Waals surface area contributed by atoms with E-state index in [9.17, 15) is 23.1 Å². The molecule has 0 unspecified atom stereocenters. The van der Waals surface area contributed by atoms with Gasteiger partial charge in [0, 0.05) is 13.5 Å². The highest BCUT2D eigenvalue weighted by molar-refractivity contribution is 7.89. The van der Waals surface area contributed by atoms with Crippen molar-refractivity contribution in [3.05, 3.63) is 28.8 Å². The molecule has 1 atom stereocenters. The zero-order chi connectivity index (χ0) is 23.5. The Labute approximate surface area is 183 Å². The summed E-state index contributed by atoms with van der Waals surface area (Å²) >= 11 is 0. The molecular formula is C19H34N4O7S. The second kappa shape index (κ2) is 14.3. The third-order valence-electron chi connectivity index (χ3n) is 3.80. The van der Waals surface area contributed by atoms with E-state index in [4.69, 9.17) is 11.1 Å². The van der Waals surface area contributed by atoms with Gasteiger partial charge in [-0.3, -0.25) is 15.0 Å². The van der Waals surface area contributed by atoms with Crippen molar-refractivity contribution in [1.29, 1.82) is 5.41 Å². The van der Waals surface area contributed by atoms with Gasteiger partial charge in [0.1, 0.15) is 6.04 Å². The molecule has 0 aliphatic carbocycles. The van der Waals surface area contributed by atoms with Gasteiger partial charge in [-0.05, 0) is 51.7 Å². The average molecular weight is 463 g/mol. The molecule has 1 rings (SSSR count). The number of aliphatic carboxylic acids is 1. The number of carboxylic acids is 1. The molecule has 0 bridgehead atoms. The number of sulfonamides is 1. The van der Waals surface area contributed by atoms with Crippen LogP contribution in [0.25, 0.3) is 0 Å². The van der Waals surface area contributed by atoms with Crippen LogP contribution in [-0.4, -0.2) is 56.1 Å². The minimum absolute atomic E-state index is 0. The van der Waals surface area contributed by atoms with Crippen molar-refractivity contribution in [1.82, 2.24) is 10.0 Å². The van der Waals surface area contributed by atoms with Crippen LogP contribution in [0.5, 0.6) is 0 Å². The first kappa shape index (κ1) is 30.5. The highest BCUT2D eigenvalue weighted by Gasteiger charge is 2.27. The highest BCUT2D eigenvalue weighted by atomic mass is 32.2.